The third-order valence-electron chi connectivity index (χ3n) is 2.61. The van der Waals surface area contributed by atoms with Gasteiger partial charge in [0, 0.05) is 14.2 Å². The van der Waals surface area contributed by atoms with E-state index in [0.29, 0.717) is 31.1 Å². The summed E-state index contributed by atoms with van der Waals surface area (Å²) in [5.74, 6) is 0.993. The lowest BCUT2D eigenvalue weighted by molar-refractivity contribution is 0.182. The Kier molecular flexibility index (Phi) is 7.64. The molecule has 7 heteroatoms. The summed E-state index contributed by atoms with van der Waals surface area (Å²) in [4.78, 5) is 12.7. The van der Waals surface area contributed by atoms with Crippen molar-refractivity contribution >= 4 is 11.9 Å². The molecule has 114 valence electrons. The van der Waals surface area contributed by atoms with E-state index < -0.39 is 0 Å². The summed E-state index contributed by atoms with van der Waals surface area (Å²) >= 11 is 0. The highest BCUT2D eigenvalue weighted by Crippen LogP contribution is 2.13. The molecule has 1 aromatic rings. The predicted molar refractivity (Wildman–Crippen MR) is 79.4 cm³/mol. The van der Waals surface area contributed by atoms with Gasteiger partial charge in [0.05, 0.1) is 19.3 Å². The zero-order valence-electron chi connectivity index (χ0n) is 12.8. The van der Waals surface area contributed by atoms with Crippen molar-refractivity contribution in [1.29, 1.82) is 0 Å². The molecule has 0 bridgehead atoms. The summed E-state index contributed by atoms with van der Waals surface area (Å²) in [5.41, 5.74) is 0. The molecular weight excluding hydrogens is 258 g/mol. The van der Waals surface area contributed by atoms with E-state index in [2.05, 4.69) is 32.5 Å². The number of nitrogens with one attached hydrogen (secondary N) is 2. The van der Waals surface area contributed by atoms with Crippen LogP contribution in [0.1, 0.15) is 33.1 Å². The minimum Gasteiger partial charge on any atom is -0.463 e. The first-order chi connectivity index (χ1) is 9.73. The lowest BCUT2D eigenvalue weighted by Crippen LogP contribution is -2.26. The molecule has 0 saturated heterocycles. The fraction of sp³-hybridized carbons (Fsp3) is 0.769. The second kappa shape index (κ2) is 9.30. The lowest BCUT2D eigenvalue weighted by atomic mass is 10.2. The topological polar surface area (TPSA) is 81.2 Å². The van der Waals surface area contributed by atoms with Crippen molar-refractivity contribution in [3.8, 4) is 6.01 Å². The zero-order valence-corrected chi connectivity index (χ0v) is 12.8. The Bertz CT molecular complexity index is 383. The molecule has 1 heterocycles. The van der Waals surface area contributed by atoms with E-state index in [1.54, 1.807) is 14.2 Å². The van der Waals surface area contributed by atoms with Gasteiger partial charge in [0.15, 0.2) is 0 Å². The molecule has 2 N–H and O–H groups in total. The maximum Gasteiger partial charge on any atom is 0.323 e. The summed E-state index contributed by atoms with van der Waals surface area (Å²) in [6, 6.07) is 0.512. The highest BCUT2D eigenvalue weighted by molar-refractivity contribution is 5.36. The average molecular weight is 283 g/mol. The third-order valence-corrected chi connectivity index (χ3v) is 2.61. The van der Waals surface area contributed by atoms with Crippen LogP contribution in [-0.4, -0.2) is 48.4 Å². The first-order valence-corrected chi connectivity index (χ1v) is 7.05. The number of nitrogens with zero attached hydrogens (tertiary/aromatic N) is 3. The molecule has 0 spiro atoms. The molecule has 0 fully saturated rings. The van der Waals surface area contributed by atoms with Crippen LogP contribution in [0.15, 0.2) is 0 Å². The molecule has 0 aromatic carbocycles. The van der Waals surface area contributed by atoms with E-state index >= 15 is 0 Å². The Balaban J connectivity index is 2.80. The molecule has 20 heavy (non-hydrogen) atoms. The summed E-state index contributed by atoms with van der Waals surface area (Å²) in [7, 11) is 3.45. The van der Waals surface area contributed by atoms with Crippen LogP contribution in [0.2, 0.25) is 0 Å². The minimum absolute atomic E-state index is 0.177. The van der Waals surface area contributed by atoms with Gasteiger partial charge in [-0.15, -0.1) is 0 Å². The molecule has 1 rings (SSSR count). The van der Waals surface area contributed by atoms with Crippen molar-refractivity contribution in [2.24, 2.45) is 0 Å². The Morgan fingerprint density at radius 1 is 1.10 bits per heavy atom. The summed E-state index contributed by atoms with van der Waals surface area (Å²) < 4.78 is 10.7. The second-order valence-electron chi connectivity index (χ2n) is 4.45. The van der Waals surface area contributed by atoms with Crippen molar-refractivity contribution in [1.82, 2.24) is 15.0 Å². The van der Waals surface area contributed by atoms with Gasteiger partial charge in [0.1, 0.15) is 0 Å². The Morgan fingerprint density at radius 2 is 1.85 bits per heavy atom. The molecule has 1 aromatic heterocycles. The fourth-order valence-corrected chi connectivity index (χ4v) is 1.72. The quantitative estimate of drug-likeness (QED) is 0.679. The van der Waals surface area contributed by atoms with Gasteiger partial charge < -0.3 is 20.1 Å². The monoisotopic (exact) mass is 283 g/mol. The van der Waals surface area contributed by atoms with Gasteiger partial charge >= 0.3 is 6.01 Å². The normalized spacial score (nSPS) is 12.0. The standard InChI is InChI=1S/C13H25N5O2/c1-5-7-10(9-19-4)15-12-16-11(14-3)17-13(18-12)20-8-6-2/h10H,5-9H2,1-4H3,(H2,14,15,16,17,18). The molecule has 1 atom stereocenters. The van der Waals surface area contributed by atoms with Gasteiger partial charge in [-0.3, -0.25) is 0 Å². The van der Waals surface area contributed by atoms with Crippen molar-refractivity contribution in [2.75, 3.05) is 38.0 Å². The van der Waals surface area contributed by atoms with E-state index in [9.17, 15) is 0 Å². The number of hydrogen-bond acceptors (Lipinski definition) is 7. The van der Waals surface area contributed by atoms with E-state index in [1.165, 1.54) is 0 Å². The van der Waals surface area contributed by atoms with Crippen molar-refractivity contribution in [2.45, 2.75) is 39.2 Å². The van der Waals surface area contributed by atoms with Crippen LogP contribution < -0.4 is 15.4 Å². The van der Waals surface area contributed by atoms with Gasteiger partial charge in [-0.2, -0.15) is 15.0 Å². The van der Waals surface area contributed by atoms with E-state index in [4.69, 9.17) is 9.47 Å². The molecule has 0 radical (unpaired) electrons. The van der Waals surface area contributed by atoms with E-state index in [0.717, 1.165) is 19.3 Å². The summed E-state index contributed by atoms with van der Waals surface area (Å²) in [5, 5.41) is 6.17. The molecule has 0 aliphatic carbocycles. The summed E-state index contributed by atoms with van der Waals surface area (Å²) in [6.45, 7) is 5.37. The van der Waals surface area contributed by atoms with Crippen LogP contribution in [0, 0.1) is 0 Å². The Morgan fingerprint density at radius 3 is 2.45 bits per heavy atom. The van der Waals surface area contributed by atoms with Gasteiger partial charge in [-0.25, -0.2) is 0 Å². The van der Waals surface area contributed by atoms with Gasteiger partial charge in [-0.05, 0) is 12.8 Å². The second-order valence-corrected chi connectivity index (χ2v) is 4.45. The SMILES string of the molecule is CCCOc1nc(NC)nc(NC(CCC)COC)n1. The molecule has 7 nitrogen and oxygen atoms in total. The highest BCUT2D eigenvalue weighted by atomic mass is 16.5. The van der Waals surface area contributed by atoms with Crippen LogP contribution in [0.5, 0.6) is 6.01 Å². The van der Waals surface area contributed by atoms with Crippen LogP contribution >= 0.6 is 0 Å². The first kappa shape index (κ1) is 16.4. The maximum atomic E-state index is 5.47. The van der Waals surface area contributed by atoms with Crippen molar-refractivity contribution in [3.05, 3.63) is 0 Å². The first-order valence-electron chi connectivity index (χ1n) is 7.05. The highest BCUT2D eigenvalue weighted by Gasteiger charge is 2.12. The fourth-order valence-electron chi connectivity index (χ4n) is 1.72. The Hall–Kier alpha value is -1.63. The molecule has 0 aliphatic heterocycles. The van der Waals surface area contributed by atoms with Gasteiger partial charge in [0.25, 0.3) is 0 Å². The molecule has 0 saturated carbocycles. The number of aromatic nitrogens is 3. The number of methoxy groups -OCH3 is 1. The minimum atomic E-state index is 0.177. The largest absolute Gasteiger partial charge is 0.463 e. The van der Waals surface area contributed by atoms with Crippen LogP contribution in [0.4, 0.5) is 11.9 Å². The van der Waals surface area contributed by atoms with E-state index in [1.807, 2.05) is 6.92 Å². The average Bonchev–Trinajstić information content (AvgIpc) is 2.45. The molecule has 0 amide bonds. The number of anilines is 2. The number of rotatable bonds is 10. The van der Waals surface area contributed by atoms with Crippen molar-refractivity contribution in [3.63, 3.8) is 0 Å². The summed E-state index contributed by atoms with van der Waals surface area (Å²) in [6.07, 6.45) is 2.95. The maximum absolute atomic E-state index is 5.47. The van der Waals surface area contributed by atoms with E-state index in [-0.39, 0.29) is 6.04 Å². The molecule has 1 unspecified atom stereocenters. The van der Waals surface area contributed by atoms with Crippen molar-refractivity contribution < 1.29 is 9.47 Å². The zero-order chi connectivity index (χ0) is 14.8. The van der Waals surface area contributed by atoms with Crippen LogP contribution in [-0.2, 0) is 4.74 Å². The Labute approximate surface area is 120 Å². The van der Waals surface area contributed by atoms with Gasteiger partial charge in [0.2, 0.25) is 11.9 Å². The smallest absolute Gasteiger partial charge is 0.323 e. The number of ether oxygens (including phenoxy) is 2. The number of hydrogen-bond donors (Lipinski definition) is 2. The van der Waals surface area contributed by atoms with Crippen LogP contribution in [0.3, 0.4) is 0 Å². The molecular formula is C13H25N5O2. The lowest BCUT2D eigenvalue weighted by Gasteiger charge is -2.17. The molecule has 0 aliphatic rings. The van der Waals surface area contributed by atoms with Crippen LogP contribution in [0.25, 0.3) is 0 Å². The third kappa shape index (κ3) is 5.56. The predicted octanol–water partition coefficient (Wildman–Crippen LogP) is 1.93. The van der Waals surface area contributed by atoms with Gasteiger partial charge in [-0.1, -0.05) is 20.3 Å².